The SMILES string of the molecule is CC(CO)N(CC(O)c1ccccc1)C(=O)OC(C)(C)C. The molecule has 0 aliphatic rings. The van der Waals surface area contributed by atoms with Crippen LogP contribution in [0.5, 0.6) is 0 Å². The summed E-state index contributed by atoms with van der Waals surface area (Å²) in [7, 11) is 0. The summed E-state index contributed by atoms with van der Waals surface area (Å²) in [6.07, 6.45) is -1.37. The number of hydrogen-bond donors (Lipinski definition) is 2. The number of hydrogen-bond acceptors (Lipinski definition) is 4. The highest BCUT2D eigenvalue weighted by Gasteiger charge is 2.27. The van der Waals surface area contributed by atoms with Gasteiger partial charge in [0.1, 0.15) is 5.60 Å². The molecule has 5 nitrogen and oxygen atoms in total. The van der Waals surface area contributed by atoms with Gasteiger partial charge in [-0.1, -0.05) is 30.3 Å². The topological polar surface area (TPSA) is 70.0 Å². The lowest BCUT2D eigenvalue weighted by Crippen LogP contribution is -2.45. The zero-order valence-electron chi connectivity index (χ0n) is 13.1. The predicted molar refractivity (Wildman–Crippen MR) is 80.9 cm³/mol. The van der Waals surface area contributed by atoms with Crippen molar-refractivity contribution in [2.24, 2.45) is 0 Å². The van der Waals surface area contributed by atoms with E-state index in [1.165, 1.54) is 4.90 Å². The average Bonchev–Trinajstić information content (AvgIpc) is 2.42. The van der Waals surface area contributed by atoms with Crippen molar-refractivity contribution in [1.82, 2.24) is 4.90 Å². The molecule has 0 heterocycles. The molecule has 1 aromatic carbocycles. The molecule has 2 unspecified atom stereocenters. The summed E-state index contributed by atoms with van der Waals surface area (Å²) in [4.78, 5) is 13.6. The smallest absolute Gasteiger partial charge is 0.410 e. The summed E-state index contributed by atoms with van der Waals surface area (Å²) >= 11 is 0. The largest absolute Gasteiger partial charge is 0.444 e. The molecule has 0 aromatic heterocycles. The second kappa shape index (κ2) is 7.43. The molecule has 0 fully saturated rings. The first-order valence-electron chi connectivity index (χ1n) is 7.08. The van der Waals surface area contributed by atoms with Gasteiger partial charge in [-0.05, 0) is 33.3 Å². The van der Waals surface area contributed by atoms with Crippen LogP contribution in [0.2, 0.25) is 0 Å². The molecule has 0 saturated heterocycles. The van der Waals surface area contributed by atoms with Gasteiger partial charge in [0.05, 0.1) is 25.3 Å². The van der Waals surface area contributed by atoms with Crippen molar-refractivity contribution >= 4 is 6.09 Å². The number of ether oxygens (including phenoxy) is 1. The van der Waals surface area contributed by atoms with Gasteiger partial charge in [-0.3, -0.25) is 0 Å². The van der Waals surface area contributed by atoms with Crippen molar-refractivity contribution in [1.29, 1.82) is 0 Å². The highest BCUT2D eigenvalue weighted by atomic mass is 16.6. The number of benzene rings is 1. The summed E-state index contributed by atoms with van der Waals surface area (Å²) in [6.45, 7) is 6.92. The molecule has 1 amide bonds. The molecule has 1 aromatic rings. The van der Waals surface area contributed by atoms with Crippen LogP contribution in [0.15, 0.2) is 30.3 Å². The maximum absolute atomic E-state index is 12.2. The summed E-state index contributed by atoms with van der Waals surface area (Å²) in [5.41, 5.74) is 0.0959. The Balaban J connectivity index is 2.81. The lowest BCUT2D eigenvalue weighted by Gasteiger charge is -2.32. The van der Waals surface area contributed by atoms with Crippen molar-refractivity contribution in [2.45, 2.75) is 45.4 Å². The third-order valence-electron chi connectivity index (χ3n) is 2.98. The molecule has 0 saturated carbocycles. The Morgan fingerprint density at radius 3 is 2.33 bits per heavy atom. The molecule has 2 atom stereocenters. The van der Waals surface area contributed by atoms with Gasteiger partial charge in [-0.2, -0.15) is 0 Å². The van der Waals surface area contributed by atoms with E-state index in [-0.39, 0.29) is 13.2 Å². The molecule has 21 heavy (non-hydrogen) atoms. The average molecular weight is 295 g/mol. The van der Waals surface area contributed by atoms with E-state index in [0.29, 0.717) is 0 Å². The third kappa shape index (κ3) is 5.73. The summed E-state index contributed by atoms with van der Waals surface area (Å²) < 4.78 is 5.32. The van der Waals surface area contributed by atoms with E-state index in [1.807, 2.05) is 18.2 Å². The van der Waals surface area contributed by atoms with E-state index >= 15 is 0 Å². The number of aliphatic hydroxyl groups excluding tert-OH is 2. The highest BCUT2D eigenvalue weighted by Crippen LogP contribution is 2.18. The van der Waals surface area contributed by atoms with E-state index < -0.39 is 23.8 Å². The second-order valence-corrected chi connectivity index (χ2v) is 6.09. The Bertz CT molecular complexity index is 441. The van der Waals surface area contributed by atoms with Crippen molar-refractivity contribution in [3.63, 3.8) is 0 Å². The summed E-state index contributed by atoms with van der Waals surface area (Å²) in [5, 5.41) is 19.6. The predicted octanol–water partition coefficient (Wildman–Crippen LogP) is 2.34. The Hall–Kier alpha value is -1.59. The molecule has 0 aliphatic heterocycles. The monoisotopic (exact) mass is 295 g/mol. The van der Waals surface area contributed by atoms with E-state index in [4.69, 9.17) is 4.74 Å². The standard InChI is InChI=1S/C16H25NO4/c1-12(11-18)17(15(20)21-16(2,3)4)10-14(19)13-8-6-5-7-9-13/h5-9,12,14,18-19H,10-11H2,1-4H3. The van der Waals surface area contributed by atoms with Gasteiger partial charge in [0.15, 0.2) is 0 Å². The van der Waals surface area contributed by atoms with Crippen LogP contribution < -0.4 is 0 Å². The fourth-order valence-electron chi connectivity index (χ4n) is 1.82. The molecule has 0 aliphatic carbocycles. The minimum absolute atomic E-state index is 0.0701. The zero-order valence-corrected chi connectivity index (χ0v) is 13.1. The minimum atomic E-state index is -0.826. The number of amides is 1. The van der Waals surface area contributed by atoms with Crippen LogP contribution in [0.25, 0.3) is 0 Å². The normalized spacial score (nSPS) is 14.4. The number of carbonyl (C=O) groups excluding carboxylic acids is 1. The molecule has 0 spiro atoms. The molecule has 0 radical (unpaired) electrons. The van der Waals surface area contributed by atoms with Crippen LogP contribution in [0.3, 0.4) is 0 Å². The molecule has 0 bridgehead atoms. The van der Waals surface area contributed by atoms with Gasteiger partial charge < -0.3 is 19.8 Å². The lowest BCUT2D eigenvalue weighted by atomic mass is 10.1. The van der Waals surface area contributed by atoms with Gasteiger partial charge in [-0.15, -0.1) is 0 Å². The number of rotatable bonds is 5. The number of carbonyl (C=O) groups is 1. The molecule has 2 N–H and O–H groups in total. The van der Waals surface area contributed by atoms with Crippen LogP contribution in [-0.2, 0) is 4.74 Å². The first-order valence-corrected chi connectivity index (χ1v) is 7.08. The van der Waals surface area contributed by atoms with Gasteiger partial charge in [0, 0.05) is 0 Å². The van der Waals surface area contributed by atoms with Crippen LogP contribution >= 0.6 is 0 Å². The Morgan fingerprint density at radius 2 is 1.86 bits per heavy atom. The fourth-order valence-corrected chi connectivity index (χ4v) is 1.82. The molecular formula is C16H25NO4. The van der Waals surface area contributed by atoms with E-state index in [9.17, 15) is 15.0 Å². The fraction of sp³-hybridized carbons (Fsp3) is 0.562. The summed E-state index contributed by atoms with van der Waals surface area (Å²) in [6, 6.07) is 8.66. The molecule has 1 rings (SSSR count). The quantitative estimate of drug-likeness (QED) is 0.874. The Kier molecular flexibility index (Phi) is 6.18. The highest BCUT2D eigenvalue weighted by molar-refractivity contribution is 5.68. The third-order valence-corrected chi connectivity index (χ3v) is 2.98. The second-order valence-electron chi connectivity index (χ2n) is 6.09. The first kappa shape index (κ1) is 17.5. The van der Waals surface area contributed by atoms with E-state index in [1.54, 1.807) is 39.8 Å². The minimum Gasteiger partial charge on any atom is -0.444 e. The van der Waals surface area contributed by atoms with Crippen molar-refractivity contribution in [2.75, 3.05) is 13.2 Å². The lowest BCUT2D eigenvalue weighted by molar-refractivity contribution is -0.00114. The van der Waals surface area contributed by atoms with E-state index in [2.05, 4.69) is 0 Å². The zero-order chi connectivity index (χ0) is 16.0. The summed E-state index contributed by atoms with van der Waals surface area (Å²) in [5.74, 6) is 0. The Morgan fingerprint density at radius 1 is 1.29 bits per heavy atom. The molecule has 5 heteroatoms. The number of nitrogens with zero attached hydrogens (tertiary/aromatic N) is 1. The Labute approximate surface area is 126 Å². The van der Waals surface area contributed by atoms with Gasteiger partial charge in [-0.25, -0.2) is 4.79 Å². The van der Waals surface area contributed by atoms with Gasteiger partial charge in [0.25, 0.3) is 0 Å². The van der Waals surface area contributed by atoms with Crippen LogP contribution in [0.4, 0.5) is 4.79 Å². The van der Waals surface area contributed by atoms with Crippen LogP contribution in [0, 0.1) is 0 Å². The van der Waals surface area contributed by atoms with Crippen molar-refractivity contribution in [3.05, 3.63) is 35.9 Å². The van der Waals surface area contributed by atoms with Gasteiger partial charge in [0.2, 0.25) is 0 Å². The first-order chi connectivity index (χ1) is 9.74. The maximum Gasteiger partial charge on any atom is 0.410 e. The van der Waals surface area contributed by atoms with E-state index in [0.717, 1.165) is 5.56 Å². The van der Waals surface area contributed by atoms with Gasteiger partial charge >= 0.3 is 6.09 Å². The molecular weight excluding hydrogens is 270 g/mol. The van der Waals surface area contributed by atoms with Crippen LogP contribution in [-0.4, -0.2) is 46.0 Å². The van der Waals surface area contributed by atoms with Crippen molar-refractivity contribution in [3.8, 4) is 0 Å². The maximum atomic E-state index is 12.2. The van der Waals surface area contributed by atoms with Crippen molar-refractivity contribution < 1.29 is 19.7 Å². The van der Waals surface area contributed by atoms with Crippen LogP contribution in [0.1, 0.15) is 39.4 Å². The number of aliphatic hydroxyl groups is 2. The molecule has 118 valence electrons.